The Balaban J connectivity index is 1.63. The summed E-state index contributed by atoms with van der Waals surface area (Å²) in [7, 11) is 0. The van der Waals surface area contributed by atoms with E-state index in [0.29, 0.717) is 37.8 Å². The normalized spacial score (nSPS) is 10.8. The monoisotopic (exact) mass is 428 g/mol. The van der Waals surface area contributed by atoms with Crippen LogP contribution in [0.15, 0.2) is 72.8 Å². The highest BCUT2D eigenvalue weighted by Crippen LogP contribution is 2.28. The number of ether oxygens (including phenoxy) is 2. The van der Waals surface area contributed by atoms with Gasteiger partial charge in [0, 0.05) is 23.6 Å². The number of esters is 1. The first-order chi connectivity index (χ1) is 15.6. The molecule has 3 aromatic carbocycles. The van der Waals surface area contributed by atoms with E-state index in [-0.39, 0.29) is 11.7 Å². The Labute approximate surface area is 186 Å². The molecule has 0 saturated carbocycles. The average molecular weight is 428 g/mol. The fraction of sp³-hybridized carbons (Fsp3) is 0.192. The summed E-state index contributed by atoms with van der Waals surface area (Å²) < 4.78 is 10.8. The van der Waals surface area contributed by atoms with Crippen LogP contribution in [0.2, 0.25) is 0 Å². The Bertz CT molecular complexity index is 1230. The van der Waals surface area contributed by atoms with Crippen molar-refractivity contribution in [3.63, 3.8) is 0 Å². The van der Waals surface area contributed by atoms with E-state index in [1.54, 1.807) is 19.1 Å². The van der Waals surface area contributed by atoms with Gasteiger partial charge < -0.3 is 14.6 Å². The second kappa shape index (κ2) is 9.92. The summed E-state index contributed by atoms with van der Waals surface area (Å²) in [5.74, 6) is 0.989. The molecular weight excluding hydrogens is 404 g/mol. The zero-order chi connectivity index (χ0) is 22.3. The van der Waals surface area contributed by atoms with E-state index < -0.39 is 0 Å². The first-order valence-corrected chi connectivity index (χ1v) is 10.6. The number of aromatic hydroxyl groups is 1. The molecule has 0 aliphatic heterocycles. The zero-order valence-electron chi connectivity index (χ0n) is 17.8. The van der Waals surface area contributed by atoms with Gasteiger partial charge in [-0.3, -0.25) is 4.79 Å². The number of phenolic OH excluding ortho intramolecular Hbond substituents is 1. The molecule has 0 aliphatic carbocycles. The maximum absolute atomic E-state index is 11.5. The van der Waals surface area contributed by atoms with E-state index in [2.05, 4.69) is 4.98 Å². The highest BCUT2D eigenvalue weighted by atomic mass is 16.5. The van der Waals surface area contributed by atoms with Gasteiger partial charge in [0.1, 0.15) is 5.75 Å². The van der Waals surface area contributed by atoms with E-state index >= 15 is 0 Å². The standard InChI is InChI=1S/C26H24N2O4/c1-2-31-25(30)9-6-14-32-24-17-23(18-7-4-3-5-8-18)27-26(28-24)21-11-10-20-16-22(29)13-12-19(20)15-21/h3-5,7-8,10-13,15-17,29H,2,6,9,14H2,1H3. The molecule has 0 unspecified atom stereocenters. The van der Waals surface area contributed by atoms with Crippen molar-refractivity contribution >= 4 is 16.7 Å². The molecule has 0 spiro atoms. The summed E-state index contributed by atoms with van der Waals surface area (Å²) in [6.45, 7) is 2.51. The fourth-order valence-electron chi connectivity index (χ4n) is 3.38. The van der Waals surface area contributed by atoms with Gasteiger partial charge in [-0.1, -0.05) is 48.5 Å². The molecule has 0 atom stereocenters. The van der Waals surface area contributed by atoms with Gasteiger partial charge in [0.05, 0.1) is 18.9 Å². The predicted molar refractivity (Wildman–Crippen MR) is 123 cm³/mol. The number of rotatable bonds is 8. The minimum Gasteiger partial charge on any atom is -0.508 e. The first kappa shape index (κ1) is 21.3. The number of carbonyl (C=O) groups is 1. The van der Waals surface area contributed by atoms with Crippen molar-refractivity contribution in [1.82, 2.24) is 9.97 Å². The van der Waals surface area contributed by atoms with Crippen molar-refractivity contribution in [2.75, 3.05) is 13.2 Å². The number of nitrogens with zero attached hydrogens (tertiary/aromatic N) is 2. The number of fused-ring (bicyclic) bond motifs is 1. The molecule has 0 radical (unpaired) electrons. The molecule has 0 amide bonds. The third-order valence-electron chi connectivity index (χ3n) is 4.93. The lowest BCUT2D eigenvalue weighted by molar-refractivity contribution is -0.143. The highest BCUT2D eigenvalue weighted by Gasteiger charge is 2.11. The maximum atomic E-state index is 11.5. The second-order valence-electron chi connectivity index (χ2n) is 7.28. The van der Waals surface area contributed by atoms with Crippen molar-refractivity contribution < 1.29 is 19.4 Å². The number of carbonyl (C=O) groups excluding carboxylic acids is 1. The van der Waals surface area contributed by atoms with Crippen molar-refractivity contribution in [2.24, 2.45) is 0 Å². The Kier molecular flexibility index (Phi) is 6.60. The van der Waals surface area contributed by atoms with E-state index in [4.69, 9.17) is 14.5 Å². The Morgan fingerprint density at radius 2 is 1.69 bits per heavy atom. The Hall–Kier alpha value is -3.93. The van der Waals surface area contributed by atoms with Gasteiger partial charge in [0.25, 0.3) is 0 Å². The number of aromatic nitrogens is 2. The summed E-state index contributed by atoms with van der Waals surface area (Å²) in [6, 6.07) is 22.7. The molecule has 0 fully saturated rings. The molecule has 1 N–H and O–H groups in total. The molecule has 162 valence electrons. The number of hydrogen-bond acceptors (Lipinski definition) is 6. The van der Waals surface area contributed by atoms with Crippen LogP contribution in [0.25, 0.3) is 33.4 Å². The molecule has 1 heterocycles. The van der Waals surface area contributed by atoms with Gasteiger partial charge in [-0.05, 0) is 42.3 Å². The third-order valence-corrected chi connectivity index (χ3v) is 4.93. The van der Waals surface area contributed by atoms with Crippen LogP contribution in [0.3, 0.4) is 0 Å². The largest absolute Gasteiger partial charge is 0.508 e. The maximum Gasteiger partial charge on any atom is 0.305 e. The minimum absolute atomic E-state index is 0.228. The lowest BCUT2D eigenvalue weighted by Gasteiger charge is -2.11. The summed E-state index contributed by atoms with van der Waals surface area (Å²) in [5, 5.41) is 11.6. The average Bonchev–Trinajstić information content (AvgIpc) is 2.82. The van der Waals surface area contributed by atoms with Gasteiger partial charge in [0.2, 0.25) is 5.88 Å². The first-order valence-electron chi connectivity index (χ1n) is 10.6. The van der Waals surface area contributed by atoms with Gasteiger partial charge >= 0.3 is 5.97 Å². The molecule has 0 bridgehead atoms. The highest BCUT2D eigenvalue weighted by molar-refractivity contribution is 5.87. The van der Waals surface area contributed by atoms with Crippen LogP contribution in [-0.4, -0.2) is 34.3 Å². The van der Waals surface area contributed by atoms with Gasteiger partial charge in [0.15, 0.2) is 5.82 Å². The predicted octanol–water partition coefficient (Wildman–Crippen LogP) is 5.39. The summed E-state index contributed by atoms with van der Waals surface area (Å²) in [4.78, 5) is 20.9. The van der Waals surface area contributed by atoms with Crippen molar-refractivity contribution in [3.05, 3.63) is 72.8 Å². The summed E-state index contributed by atoms with van der Waals surface area (Å²) in [5.41, 5.74) is 2.55. The molecule has 6 nitrogen and oxygen atoms in total. The van der Waals surface area contributed by atoms with Crippen LogP contribution < -0.4 is 4.74 Å². The van der Waals surface area contributed by atoms with Crippen LogP contribution in [0, 0.1) is 0 Å². The molecule has 1 aromatic heterocycles. The van der Waals surface area contributed by atoms with Crippen LogP contribution in [-0.2, 0) is 9.53 Å². The SMILES string of the molecule is CCOC(=O)CCCOc1cc(-c2ccccc2)nc(-c2ccc3cc(O)ccc3c2)n1. The van der Waals surface area contributed by atoms with E-state index in [1.807, 2.05) is 60.7 Å². The van der Waals surface area contributed by atoms with Crippen molar-refractivity contribution in [2.45, 2.75) is 19.8 Å². The molecule has 0 aliphatic rings. The second-order valence-corrected chi connectivity index (χ2v) is 7.28. The molecule has 0 saturated heterocycles. The number of phenols is 1. The van der Waals surface area contributed by atoms with E-state index in [0.717, 1.165) is 27.6 Å². The topological polar surface area (TPSA) is 81.5 Å². The van der Waals surface area contributed by atoms with Crippen molar-refractivity contribution in [3.8, 4) is 34.3 Å². The Morgan fingerprint density at radius 1 is 0.906 bits per heavy atom. The van der Waals surface area contributed by atoms with Gasteiger partial charge in [-0.15, -0.1) is 0 Å². The van der Waals surface area contributed by atoms with E-state index in [1.165, 1.54) is 0 Å². The van der Waals surface area contributed by atoms with Crippen LogP contribution in [0.4, 0.5) is 0 Å². The van der Waals surface area contributed by atoms with Gasteiger partial charge in [-0.2, -0.15) is 4.98 Å². The lowest BCUT2D eigenvalue weighted by Crippen LogP contribution is -2.07. The third kappa shape index (κ3) is 5.21. The Morgan fingerprint density at radius 3 is 2.50 bits per heavy atom. The molecular formula is C26H24N2O4. The summed E-state index contributed by atoms with van der Waals surface area (Å²) in [6.07, 6.45) is 0.840. The lowest BCUT2D eigenvalue weighted by atomic mass is 10.1. The van der Waals surface area contributed by atoms with Gasteiger partial charge in [-0.25, -0.2) is 4.98 Å². The molecule has 4 rings (SSSR count). The molecule has 4 aromatic rings. The number of hydrogen-bond donors (Lipinski definition) is 1. The smallest absolute Gasteiger partial charge is 0.305 e. The zero-order valence-corrected chi connectivity index (χ0v) is 17.8. The number of benzene rings is 3. The molecule has 6 heteroatoms. The van der Waals surface area contributed by atoms with Crippen LogP contribution in [0.5, 0.6) is 11.6 Å². The summed E-state index contributed by atoms with van der Waals surface area (Å²) >= 11 is 0. The van der Waals surface area contributed by atoms with Crippen LogP contribution >= 0.6 is 0 Å². The fourth-order valence-corrected chi connectivity index (χ4v) is 3.38. The van der Waals surface area contributed by atoms with Crippen LogP contribution in [0.1, 0.15) is 19.8 Å². The van der Waals surface area contributed by atoms with E-state index in [9.17, 15) is 9.90 Å². The quantitative estimate of drug-likeness (QED) is 0.299. The van der Waals surface area contributed by atoms with Crippen molar-refractivity contribution in [1.29, 1.82) is 0 Å². The molecule has 32 heavy (non-hydrogen) atoms. The minimum atomic E-state index is -0.230.